The molecular formula is C16H22BrNS. The highest BCUT2D eigenvalue weighted by atomic mass is 79.9. The molecule has 1 heterocycles. The summed E-state index contributed by atoms with van der Waals surface area (Å²) < 4.78 is 1.40. The minimum Gasteiger partial charge on any atom is -0.295 e. The molecule has 0 aliphatic carbocycles. The van der Waals surface area contributed by atoms with Crippen LogP contribution in [0, 0.1) is 0 Å². The number of benzene rings is 1. The highest BCUT2D eigenvalue weighted by Gasteiger charge is 2.16. The van der Waals surface area contributed by atoms with E-state index in [0.29, 0.717) is 6.04 Å². The molecule has 0 N–H and O–H groups in total. The van der Waals surface area contributed by atoms with Crippen LogP contribution in [-0.2, 0) is 6.54 Å². The van der Waals surface area contributed by atoms with Gasteiger partial charge in [-0.05, 0) is 35.2 Å². The Morgan fingerprint density at radius 3 is 2.63 bits per heavy atom. The summed E-state index contributed by atoms with van der Waals surface area (Å²) in [7, 11) is 0. The number of thiophene rings is 1. The zero-order valence-corrected chi connectivity index (χ0v) is 14.1. The van der Waals surface area contributed by atoms with Crippen LogP contribution in [0.4, 0.5) is 0 Å². The fourth-order valence-electron chi connectivity index (χ4n) is 2.68. The summed E-state index contributed by atoms with van der Waals surface area (Å²) in [5, 5.41) is 4.80. The minimum absolute atomic E-state index is 0.691. The first-order chi connectivity index (χ1) is 9.30. The van der Waals surface area contributed by atoms with E-state index in [4.69, 9.17) is 0 Å². The molecule has 3 heteroatoms. The lowest BCUT2D eigenvalue weighted by Crippen LogP contribution is -2.35. The van der Waals surface area contributed by atoms with Crippen molar-refractivity contribution in [2.45, 2.75) is 39.3 Å². The summed E-state index contributed by atoms with van der Waals surface area (Å²) in [6.07, 6.45) is 2.46. The van der Waals surface area contributed by atoms with Gasteiger partial charge in [-0.3, -0.25) is 4.90 Å². The zero-order valence-electron chi connectivity index (χ0n) is 11.7. The predicted molar refractivity (Wildman–Crippen MR) is 90.4 cm³/mol. The number of halogens is 1. The van der Waals surface area contributed by atoms with Gasteiger partial charge in [-0.25, -0.2) is 0 Å². The molecule has 1 nitrogen and oxygen atoms in total. The lowest BCUT2D eigenvalue weighted by atomic mass is 10.1. The first kappa shape index (κ1) is 15.0. The quantitative estimate of drug-likeness (QED) is 0.619. The van der Waals surface area contributed by atoms with Crippen LogP contribution in [0.1, 0.15) is 32.3 Å². The number of rotatable bonds is 7. The largest absolute Gasteiger partial charge is 0.295 e. The van der Waals surface area contributed by atoms with Crippen molar-refractivity contribution in [1.29, 1.82) is 0 Å². The van der Waals surface area contributed by atoms with Gasteiger partial charge in [-0.2, -0.15) is 0 Å². The summed E-state index contributed by atoms with van der Waals surface area (Å²) >= 11 is 5.45. The van der Waals surface area contributed by atoms with E-state index in [9.17, 15) is 0 Å². The van der Waals surface area contributed by atoms with Gasteiger partial charge in [-0.15, -0.1) is 11.3 Å². The van der Waals surface area contributed by atoms with Crippen LogP contribution in [0.25, 0.3) is 10.1 Å². The monoisotopic (exact) mass is 339 g/mol. The molecule has 1 aromatic carbocycles. The lowest BCUT2D eigenvalue weighted by Gasteiger charge is -2.29. The number of fused-ring (bicyclic) bond motifs is 1. The Morgan fingerprint density at radius 1 is 1.21 bits per heavy atom. The van der Waals surface area contributed by atoms with Gasteiger partial charge in [0.15, 0.2) is 0 Å². The van der Waals surface area contributed by atoms with E-state index in [0.717, 1.165) is 18.4 Å². The maximum Gasteiger partial charge on any atom is 0.0346 e. The van der Waals surface area contributed by atoms with E-state index in [-0.39, 0.29) is 0 Å². The van der Waals surface area contributed by atoms with Gasteiger partial charge in [-0.1, -0.05) is 48.0 Å². The summed E-state index contributed by atoms with van der Waals surface area (Å²) in [4.78, 5) is 2.61. The molecule has 0 unspecified atom stereocenters. The second kappa shape index (κ2) is 7.41. The van der Waals surface area contributed by atoms with Gasteiger partial charge in [0.25, 0.3) is 0 Å². The Bertz CT molecular complexity index is 504. The molecule has 2 aromatic rings. The average molecular weight is 340 g/mol. The van der Waals surface area contributed by atoms with Gasteiger partial charge in [0.05, 0.1) is 0 Å². The fraction of sp³-hybridized carbons (Fsp3) is 0.500. The standard InChI is InChI=1S/C16H22BrNS/c1-3-14(4-2)18(10-9-17)11-13-12-19-16-8-6-5-7-15(13)16/h5-8,12,14H,3-4,9-11H2,1-2H3. The van der Waals surface area contributed by atoms with E-state index < -0.39 is 0 Å². The Kier molecular flexibility index (Phi) is 5.86. The molecule has 0 atom stereocenters. The average Bonchev–Trinajstić information content (AvgIpc) is 2.84. The molecule has 0 saturated carbocycles. The minimum atomic E-state index is 0.691. The van der Waals surface area contributed by atoms with E-state index in [1.165, 1.54) is 28.5 Å². The molecule has 0 amide bonds. The van der Waals surface area contributed by atoms with Crippen LogP contribution in [0.5, 0.6) is 0 Å². The van der Waals surface area contributed by atoms with Crippen molar-refractivity contribution in [2.75, 3.05) is 11.9 Å². The maximum atomic E-state index is 3.59. The normalized spacial score (nSPS) is 11.8. The van der Waals surface area contributed by atoms with Crippen molar-refractivity contribution in [3.63, 3.8) is 0 Å². The molecule has 0 spiro atoms. The molecule has 2 rings (SSSR count). The number of alkyl halides is 1. The van der Waals surface area contributed by atoms with Crippen LogP contribution in [-0.4, -0.2) is 22.8 Å². The Labute approximate surface area is 128 Å². The van der Waals surface area contributed by atoms with Crippen molar-refractivity contribution in [3.8, 4) is 0 Å². The molecular weight excluding hydrogens is 318 g/mol. The third-order valence-electron chi connectivity index (χ3n) is 3.77. The van der Waals surface area contributed by atoms with Crippen LogP contribution < -0.4 is 0 Å². The van der Waals surface area contributed by atoms with Crippen molar-refractivity contribution in [3.05, 3.63) is 35.2 Å². The third-order valence-corrected chi connectivity index (χ3v) is 5.13. The first-order valence-corrected chi connectivity index (χ1v) is 9.05. The van der Waals surface area contributed by atoms with Crippen molar-refractivity contribution < 1.29 is 0 Å². The number of hydrogen-bond acceptors (Lipinski definition) is 2. The highest BCUT2D eigenvalue weighted by Crippen LogP contribution is 2.27. The topological polar surface area (TPSA) is 3.24 Å². The SMILES string of the molecule is CCC(CC)N(CCBr)Cc1csc2ccccc12. The second-order valence-electron chi connectivity index (χ2n) is 4.89. The molecule has 1 aromatic heterocycles. The van der Waals surface area contributed by atoms with Gasteiger partial charge < -0.3 is 0 Å². The highest BCUT2D eigenvalue weighted by molar-refractivity contribution is 9.09. The second-order valence-corrected chi connectivity index (χ2v) is 6.59. The molecule has 19 heavy (non-hydrogen) atoms. The van der Waals surface area contributed by atoms with E-state index in [1.54, 1.807) is 0 Å². The fourth-order valence-corrected chi connectivity index (χ4v) is 4.09. The molecule has 0 fully saturated rings. The summed E-state index contributed by atoms with van der Waals surface area (Å²) in [6, 6.07) is 9.43. The van der Waals surface area contributed by atoms with Crippen molar-refractivity contribution in [2.24, 2.45) is 0 Å². The molecule has 0 radical (unpaired) electrons. The summed E-state index contributed by atoms with van der Waals surface area (Å²) in [5.41, 5.74) is 1.48. The van der Waals surface area contributed by atoms with Crippen LogP contribution >= 0.6 is 27.3 Å². The maximum absolute atomic E-state index is 3.59. The Balaban J connectivity index is 2.20. The molecule has 0 bridgehead atoms. The summed E-state index contributed by atoms with van der Waals surface area (Å²) in [5.74, 6) is 0. The molecule has 104 valence electrons. The van der Waals surface area contributed by atoms with Crippen LogP contribution in [0.15, 0.2) is 29.6 Å². The van der Waals surface area contributed by atoms with Gasteiger partial charge in [0.2, 0.25) is 0 Å². The Morgan fingerprint density at radius 2 is 1.95 bits per heavy atom. The zero-order chi connectivity index (χ0) is 13.7. The lowest BCUT2D eigenvalue weighted by molar-refractivity contribution is 0.190. The van der Waals surface area contributed by atoms with Gasteiger partial charge in [0, 0.05) is 29.2 Å². The van der Waals surface area contributed by atoms with Crippen LogP contribution in [0.2, 0.25) is 0 Å². The third kappa shape index (κ3) is 3.59. The van der Waals surface area contributed by atoms with E-state index >= 15 is 0 Å². The molecule has 0 aliphatic heterocycles. The molecule has 0 aliphatic rings. The van der Waals surface area contributed by atoms with Crippen molar-refractivity contribution >= 4 is 37.4 Å². The molecule has 0 saturated heterocycles. The van der Waals surface area contributed by atoms with Crippen molar-refractivity contribution in [1.82, 2.24) is 4.90 Å². The van der Waals surface area contributed by atoms with E-state index in [2.05, 4.69) is 64.3 Å². The Hall–Kier alpha value is -0.380. The van der Waals surface area contributed by atoms with Gasteiger partial charge in [0.1, 0.15) is 0 Å². The number of nitrogens with zero attached hydrogens (tertiary/aromatic N) is 1. The van der Waals surface area contributed by atoms with E-state index in [1.807, 2.05) is 11.3 Å². The number of hydrogen-bond donors (Lipinski definition) is 0. The summed E-state index contributed by atoms with van der Waals surface area (Å²) in [6.45, 7) is 6.78. The first-order valence-electron chi connectivity index (χ1n) is 7.05. The van der Waals surface area contributed by atoms with Crippen LogP contribution in [0.3, 0.4) is 0 Å². The van der Waals surface area contributed by atoms with Gasteiger partial charge >= 0.3 is 0 Å². The predicted octanol–water partition coefficient (Wildman–Crippen LogP) is 5.29. The smallest absolute Gasteiger partial charge is 0.0346 e.